The Morgan fingerprint density at radius 1 is 1.12 bits per heavy atom. The molecule has 0 saturated carbocycles. The number of fused-ring (bicyclic) bond motifs is 1. The highest BCUT2D eigenvalue weighted by Gasteiger charge is 2.11. The maximum Gasteiger partial charge on any atom is 0.168 e. The van der Waals surface area contributed by atoms with Gasteiger partial charge >= 0.3 is 0 Å². The van der Waals surface area contributed by atoms with E-state index in [2.05, 4.69) is 20.1 Å². The van der Waals surface area contributed by atoms with Gasteiger partial charge in [0.2, 0.25) is 0 Å². The van der Waals surface area contributed by atoms with Crippen molar-refractivity contribution >= 4 is 28.5 Å². The summed E-state index contributed by atoms with van der Waals surface area (Å²) in [7, 11) is 0. The summed E-state index contributed by atoms with van der Waals surface area (Å²) >= 11 is 6.35. The van der Waals surface area contributed by atoms with E-state index < -0.39 is 0 Å². The first-order valence-electron chi connectivity index (χ1n) is 7.49. The number of hydrogen-bond acceptors (Lipinski definition) is 6. The van der Waals surface area contributed by atoms with Crippen LogP contribution in [0.2, 0.25) is 5.02 Å². The number of nitrogens with zero attached hydrogens (tertiary/aromatic N) is 5. The second-order valence-corrected chi connectivity index (χ2v) is 5.68. The molecule has 4 aromatic rings. The SMILES string of the molecule is Nc1ncnc2c1cnn2-c1ccc(OCc2ccccn2)c(Cl)c1. The predicted molar refractivity (Wildman–Crippen MR) is 94.7 cm³/mol. The summed E-state index contributed by atoms with van der Waals surface area (Å²) in [5, 5.41) is 5.48. The third-order valence-corrected chi connectivity index (χ3v) is 3.95. The third-order valence-electron chi connectivity index (χ3n) is 3.66. The normalized spacial score (nSPS) is 10.9. The van der Waals surface area contributed by atoms with Gasteiger partial charge < -0.3 is 10.5 Å². The van der Waals surface area contributed by atoms with E-state index in [4.69, 9.17) is 22.1 Å². The largest absolute Gasteiger partial charge is 0.486 e. The highest BCUT2D eigenvalue weighted by atomic mass is 35.5. The van der Waals surface area contributed by atoms with Crippen LogP contribution in [0.5, 0.6) is 5.75 Å². The summed E-state index contributed by atoms with van der Waals surface area (Å²) in [5.41, 5.74) is 8.04. The number of benzene rings is 1. The number of ether oxygens (including phenoxy) is 1. The molecule has 0 atom stereocenters. The molecule has 0 aliphatic rings. The second-order valence-electron chi connectivity index (χ2n) is 5.28. The molecule has 25 heavy (non-hydrogen) atoms. The number of nitrogen functional groups attached to an aromatic ring is 1. The monoisotopic (exact) mass is 352 g/mol. The molecule has 0 amide bonds. The van der Waals surface area contributed by atoms with E-state index in [0.29, 0.717) is 34.2 Å². The van der Waals surface area contributed by atoms with Crippen molar-refractivity contribution < 1.29 is 4.74 Å². The zero-order valence-corrected chi connectivity index (χ0v) is 13.8. The fourth-order valence-corrected chi connectivity index (χ4v) is 2.65. The Kier molecular flexibility index (Phi) is 3.91. The zero-order chi connectivity index (χ0) is 17.2. The third kappa shape index (κ3) is 2.97. The molecule has 0 unspecified atom stereocenters. The molecule has 0 radical (unpaired) electrons. The van der Waals surface area contributed by atoms with Crippen molar-refractivity contribution in [2.45, 2.75) is 6.61 Å². The average molecular weight is 353 g/mol. The van der Waals surface area contributed by atoms with E-state index in [0.717, 1.165) is 11.4 Å². The predicted octanol–water partition coefficient (Wildman–Crippen LogP) is 3.03. The summed E-state index contributed by atoms with van der Waals surface area (Å²) in [4.78, 5) is 12.4. The summed E-state index contributed by atoms with van der Waals surface area (Å²) in [6, 6.07) is 11.1. The van der Waals surface area contributed by atoms with Gasteiger partial charge in [0.05, 0.1) is 28.0 Å². The van der Waals surface area contributed by atoms with Crippen molar-refractivity contribution in [1.82, 2.24) is 24.7 Å². The van der Waals surface area contributed by atoms with E-state index in [1.165, 1.54) is 6.33 Å². The Morgan fingerprint density at radius 3 is 2.84 bits per heavy atom. The van der Waals surface area contributed by atoms with Crippen molar-refractivity contribution in [3.05, 3.63) is 65.8 Å². The van der Waals surface area contributed by atoms with Crippen molar-refractivity contribution in [2.75, 3.05) is 5.73 Å². The lowest BCUT2D eigenvalue weighted by molar-refractivity contribution is 0.301. The van der Waals surface area contributed by atoms with Crippen LogP contribution >= 0.6 is 11.6 Å². The second kappa shape index (κ2) is 6.37. The van der Waals surface area contributed by atoms with E-state index in [9.17, 15) is 0 Å². The fraction of sp³-hybridized carbons (Fsp3) is 0.0588. The molecule has 0 saturated heterocycles. The molecule has 4 rings (SSSR count). The number of hydrogen-bond donors (Lipinski definition) is 1. The van der Waals surface area contributed by atoms with Crippen LogP contribution in [0, 0.1) is 0 Å². The Hall–Kier alpha value is -3.19. The van der Waals surface area contributed by atoms with Crippen LogP contribution in [0.3, 0.4) is 0 Å². The summed E-state index contributed by atoms with van der Waals surface area (Å²) in [5.74, 6) is 0.958. The molecular weight excluding hydrogens is 340 g/mol. The molecule has 3 aromatic heterocycles. The van der Waals surface area contributed by atoms with Gasteiger partial charge in [-0.25, -0.2) is 14.6 Å². The Labute approximate surface area is 148 Å². The summed E-state index contributed by atoms with van der Waals surface area (Å²) in [6.45, 7) is 0.342. The molecule has 1 aromatic carbocycles. The fourth-order valence-electron chi connectivity index (χ4n) is 2.42. The number of pyridine rings is 1. The minimum Gasteiger partial charge on any atom is -0.486 e. The quantitative estimate of drug-likeness (QED) is 0.607. The molecule has 0 aliphatic heterocycles. The number of halogens is 1. The lowest BCUT2D eigenvalue weighted by Crippen LogP contribution is -2.01. The molecule has 0 aliphatic carbocycles. The Balaban J connectivity index is 1.62. The summed E-state index contributed by atoms with van der Waals surface area (Å²) in [6.07, 6.45) is 4.76. The van der Waals surface area contributed by atoms with Crippen molar-refractivity contribution in [3.8, 4) is 11.4 Å². The first-order chi connectivity index (χ1) is 12.2. The minimum atomic E-state index is 0.342. The van der Waals surface area contributed by atoms with Gasteiger partial charge in [0.15, 0.2) is 5.65 Å². The van der Waals surface area contributed by atoms with Crippen LogP contribution in [0.15, 0.2) is 55.1 Å². The van der Waals surface area contributed by atoms with Crippen molar-refractivity contribution in [3.63, 3.8) is 0 Å². The van der Waals surface area contributed by atoms with Gasteiger partial charge in [-0.15, -0.1) is 0 Å². The maximum absolute atomic E-state index is 6.35. The van der Waals surface area contributed by atoms with Crippen molar-refractivity contribution in [2.24, 2.45) is 0 Å². The van der Waals surface area contributed by atoms with E-state index in [1.807, 2.05) is 24.3 Å². The molecule has 2 N–H and O–H groups in total. The van der Waals surface area contributed by atoms with Gasteiger partial charge in [-0.05, 0) is 30.3 Å². The number of anilines is 1. The molecule has 124 valence electrons. The first-order valence-corrected chi connectivity index (χ1v) is 7.87. The molecule has 0 fully saturated rings. The average Bonchev–Trinajstić information content (AvgIpc) is 3.07. The van der Waals surface area contributed by atoms with Gasteiger partial charge in [-0.2, -0.15) is 5.10 Å². The Morgan fingerprint density at radius 2 is 2.04 bits per heavy atom. The van der Waals surface area contributed by atoms with E-state index in [1.54, 1.807) is 29.2 Å². The number of rotatable bonds is 4. The molecule has 0 bridgehead atoms. The number of aromatic nitrogens is 5. The summed E-state index contributed by atoms with van der Waals surface area (Å²) < 4.78 is 7.39. The van der Waals surface area contributed by atoms with Gasteiger partial charge in [0.1, 0.15) is 24.5 Å². The molecule has 0 spiro atoms. The molecule has 3 heterocycles. The van der Waals surface area contributed by atoms with Gasteiger partial charge in [0.25, 0.3) is 0 Å². The molecule has 8 heteroatoms. The highest BCUT2D eigenvalue weighted by molar-refractivity contribution is 6.32. The highest BCUT2D eigenvalue weighted by Crippen LogP contribution is 2.29. The van der Waals surface area contributed by atoms with E-state index >= 15 is 0 Å². The number of nitrogens with two attached hydrogens (primary N) is 1. The molecular formula is C17H13ClN6O. The van der Waals surface area contributed by atoms with Crippen LogP contribution in [0.25, 0.3) is 16.7 Å². The van der Waals surface area contributed by atoms with Crippen LogP contribution in [0.1, 0.15) is 5.69 Å². The standard InChI is InChI=1S/C17H13ClN6O/c18-14-7-12(24-17-13(8-23-24)16(19)21-10-22-17)4-5-15(14)25-9-11-3-1-2-6-20-11/h1-8,10H,9H2,(H2,19,21,22). The van der Waals surface area contributed by atoms with Crippen molar-refractivity contribution in [1.29, 1.82) is 0 Å². The van der Waals surface area contributed by atoms with Crippen LogP contribution in [-0.4, -0.2) is 24.7 Å². The Bertz CT molecular complexity index is 1030. The van der Waals surface area contributed by atoms with Gasteiger partial charge in [0, 0.05) is 6.20 Å². The first kappa shape index (κ1) is 15.3. The van der Waals surface area contributed by atoms with Crippen LogP contribution < -0.4 is 10.5 Å². The minimum absolute atomic E-state index is 0.342. The van der Waals surface area contributed by atoms with E-state index in [-0.39, 0.29) is 0 Å². The maximum atomic E-state index is 6.35. The van der Waals surface area contributed by atoms with Crippen LogP contribution in [0.4, 0.5) is 5.82 Å². The lowest BCUT2D eigenvalue weighted by atomic mass is 10.3. The molecule has 7 nitrogen and oxygen atoms in total. The zero-order valence-electron chi connectivity index (χ0n) is 13.0. The lowest BCUT2D eigenvalue weighted by Gasteiger charge is -2.10. The smallest absolute Gasteiger partial charge is 0.168 e. The topological polar surface area (TPSA) is 91.7 Å². The van der Waals surface area contributed by atoms with Crippen LogP contribution in [-0.2, 0) is 6.61 Å². The van der Waals surface area contributed by atoms with Gasteiger partial charge in [-0.3, -0.25) is 4.98 Å². The van der Waals surface area contributed by atoms with Gasteiger partial charge in [-0.1, -0.05) is 17.7 Å².